The van der Waals surface area contributed by atoms with Crippen molar-refractivity contribution in [2.45, 2.75) is 46.4 Å². The van der Waals surface area contributed by atoms with Crippen molar-refractivity contribution in [2.24, 2.45) is 5.41 Å². The van der Waals surface area contributed by atoms with Crippen LogP contribution in [0.15, 0.2) is 30.5 Å². The van der Waals surface area contributed by atoms with Crippen LogP contribution in [-0.2, 0) is 4.74 Å². The van der Waals surface area contributed by atoms with Crippen molar-refractivity contribution >= 4 is 17.0 Å². The Morgan fingerprint density at radius 1 is 1.12 bits per heavy atom. The van der Waals surface area contributed by atoms with Gasteiger partial charge in [-0.2, -0.15) is 0 Å². The van der Waals surface area contributed by atoms with Crippen molar-refractivity contribution in [3.8, 4) is 0 Å². The third-order valence-corrected chi connectivity index (χ3v) is 4.79. The molecule has 0 unspecified atom stereocenters. The average Bonchev–Trinajstić information content (AvgIpc) is 2.86. The fourth-order valence-electron chi connectivity index (χ4n) is 4.21. The van der Waals surface area contributed by atoms with Gasteiger partial charge in [-0.25, -0.2) is 4.79 Å². The summed E-state index contributed by atoms with van der Waals surface area (Å²) in [6, 6.07) is 8.32. The van der Waals surface area contributed by atoms with E-state index < -0.39 is 5.60 Å². The summed E-state index contributed by atoms with van der Waals surface area (Å²) in [5, 5.41) is 1.06. The fourth-order valence-corrected chi connectivity index (χ4v) is 4.21. The van der Waals surface area contributed by atoms with Crippen LogP contribution in [-0.4, -0.2) is 53.2 Å². The van der Waals surface area contributed by atoms with E-state index in [9.17, 15) is 4.79 Å². The van der Waals surface area contributed by atoms with E-state index in [4.69, 9.17) is 4.74 Å². The maximum absolute atomic E-state index is 12.4. The number of rotatable bonds is 1. The maximum atomic E-state index is 12.4. The first-order valence-corrected chi connectivity index (χ1v) is 9.22. The second kappa shape index (κ2) is 6.39. The zero-order chi connectivity index (χ0) is 19.3. The highest BCUT2D eigenvalue weighted by Gasteiger charge is 2.35. The van der Waals surface area contributed by atoms with E-state index >= 15 is 0 Å². The fraction of sp³-hybridized carbons (Fsp3) is 0.571. The molecule has 1 saturated heterocycles. The minimum atomic E-state index is -0.506. The number of hydrogen-bond donors (Lipinski definition) is 0. The Bertz CT molecular complexity index is 802. The largest absolute Gasteiger partial charge is 0.443 e. The van der Waals surface area contributed by atoms with Crippen molar-refractivity contribution in [1.82, 2.24) is 14.4 Å². The lowest BCUT2D eigenvalue weighted by Gasteiger charge is -2.48. The molecule has 2 aromatic rings. The monoisotopic (exact) mass is 357 g/mol. The van der Waals surface area contributed by atoms with Gasteiger partial charge in [0, 0.05) is 24.7 Å². The molecule has 0 bridgehead atoms. The summed E-state index contributed by atoms with van der Waals surface area (Å²) < 4.78 is 7.09. The zero-order valence-corrected chi connectivity index (χ0v) is 17.0. The molecule has 0 amide bonds. The predicted molar refractivity (Wildman–Crippen MR) is 105 cm³/mol. The molecule has 1 aliphatic rings. The zero-order valence-electron chi connectivity index (χ0n) is 17.0. The highest BCUT2D eigenvalue weighted by molar-refractivity contribution is 5.90. The van der Waals surface area contributed by atoms with Gasteiger partial charge < -0.3 is 4.74 Å². The van der Waals surface area contributed by atoms with Crippen molar-refractivity contribution in [3.05, 3.63) is 36.0 Å². The van der Waals surface area contributed by atoms with Crippen LogP contribution in [0.25, 0.3) is 10.9 Å². The molecule has 3 rings (SSSR count). The first-order valence-electron chi connectivity index (χ1n) is 9.22. The van der Waals surface area contributed by atoms with E-state index in [1.54, 1.807) is 10.8 Å². The highest BCUT2D eigenvalue weighted by atomic mass is 16.6. The molecule has 0 atom stereocenters. The highest BCUT2D eigenvalue weighted by Crippen LogP contribution is 2.35. The Morgan fingerprint density at radius 3 is 2.31 bits per heavy atom. The molecular weight excluding hydrogens is 326 g/mol. The number of nitrogens with zero attached hydrogens (tertiary/aromatic N) is 3. The van der Waals surface area contributed by atoms with Crippen molar-refractivity contribution < 1.29 is 9.53 Å². The van der Waals surface area contributed by atoms with Crippen LogP contribution >= 0.6 is 0 Å². The third-order valence-electron chi connectivity index (χ3n) is 4.79. The summed E-state index contributed by atoms with van der Waals surface area (Å²) in [5.41, 5.74) is 1.90. The standard InChI is InChI=1S/C21H31N3O2/c1-20(2,3)26-19(25)24-11-10-15-12-16(8-9-17(15)24)18-22(6)13-21(4,5)14-23(18)7/h8-12,18H,13-14H2,1-7H3. The van der Waals surface area contributed by atoms with Gasteiger partial charge in [0.05, 0.1) is 11.7 Å². The summed E-state index contributed by atoms with van der Waals surface area (Å²) in [4.78, 5) is 17.2. The summed E-state index contributed by atoms with van der Waals surface area (Å²) in [7, 11) is 4.36. The Hall–Kier alpha value is -1.85. The van der Waals surface area contributed by atoms with Crippen molar-refractivity contribution in [1.29, 1.82) is 0 Å². The summed E-state index contributed by atoms with van der Waals surface area (Å²) in [5.74, 6) is 0. The third kappa shape index (κ3) is 3.79. The van der Waals surface area contributed by atoms with Crippen LogP contribution in [0.3, 0.4) is 0 Å². The van der Waals surface area contributed by atoms with Crippen LogP contribution in [0.5, 0.6) is 0 Å². The molecule has 2 heterocycles. The number of carbonyl (C=O) groups excluding carboxylic acids is 1. The lowest BCUT2D eigenvalue weighted by Crippen LogP contribution is -2.52. The number of benzene rings is 1. The van der Waals surface area contributed by atoms with Gasteiger partial charge >= 0.3 is 6.09 Å². The summed E-state index contributed by atoms with van der Waals surface area (Å²) in [6.45, 7) is 12.4. The SMILES string of the molecule is CN1CC(C)(C)CN(C)C1c1ccc2c(ccn2C(=O)OC(C)(C)C)c1. The molecule has 26 heavy (non-hydrogen) atoms. The first-order chi connectivity index (χ1) is 12.0. The normalized spacial score (nSPS) is 19.8. The van der Waals surface area contributed by atoms with Crippen LogP contribution in [0.1, 0.15) is 46.3 Å². The Kier molecular flexibility index (Phi) is 4.65. The van der Waals surface area contributed by atoms with Gasteiger partial charge in [-0.3, -0.25) is 14.4 Å². The van der Waals surface area contributed by atoms with Gasteiger partial charge in [-0.15, -0.1) is 0 Å². The van der Waals surface area contributed by atoms with E-state index in [0.717, 1.165) is 24.0 Å². The molecular formula is C21H31N3O2. The van der Waals surface area contributed by atoms with E-state index in [1.807, 2.05) is 32.9 Å². The van der Waals surface area contributed by atoms with Gasteiger partial charge in [-0.05, 0) is 64.0 Å². The van der Waals surface area contributed by atoms with Crippen LogP contribution in [0.2, 0.25) is 0 Å². The quantitative estimate of drug-likeness (QED) is 0.761. The van der Waals surface area contributed by atoms with Gasteiger partial charge in [0.15, 0.2) is 0 Å². The Balaban J connectivity index is 1.91. The van der Waals surface area contributed by atoms with Crippen LogP contribution in [0, 0.1) is 5.41 Å². The minimum Gasteiger partial charge on any atom is -0.443 e. The minimum absolute atomic E-state index is 0.248. The van der Waals surface area contributed by atoms with Crippen molar-refractivity contribution in [2.75, 3.05) is 27.2 Å². The molecule has 0 aliphatic carbocycles. The smallest absolute Gasteiger partial charge is 0.418 e. The maximum Gasteiger partial charge on any atom is 0.418 e. The van der Waals surface area contributed by atoms with Gasteiger partial charge in [0.1, 0.15) is 5.60 Å². The molecule has 1 aromatic heterocycles. The number of hydrogen-bond acceptors (Lipinski definition) is 4. The lowest BCUT2D eigenvalue weighted by atomic mass is 9.88. The Morgan fingerprint density at radius 2 is 1.73 bits per heavy atom. The van der Waals surface area contributed by atoms with Crippen LogP contribution < -0.4 is 0 Å². The molecule has 5 nitrogen and oxygen atoms in total. The molecule has 1 aromatic carbocycles. The lowest BCUT2D eigenvalue weighted by molar-refractivity contribution is -0.0256. The van der Waals surface area contributed by atoms with E-state index in [0.29, 0.717) is 0 Å². The molecule has 5 heteroatoms. The molecule has 0 radical (unpaired) electrons. The summed E-state index contributed by atoms with van der Waals surface area (Å²) >= 11 is 0. The molecule has 0 spiro atoms. The second-order valence-corrected chi connectivity index (χ2v) is 9.35. The van der Waals surface area contributed by atoms with E-state index in [-0.39, 0.29) is 17.7 Å². The number of ether oxygens (including phenoxy) is 1. The summed E-state index contributed by atoms with van der Waals surface area (Å²) in [6.07, 6.45) is 1.70. The molecule has 1 aliphatic heterocycles. The van der Waals surface area contributed by atoms with Gasteiger partial charge in [0.25, 0.3) is 0 Å². The van der Waals surface area contributed by atoms with Crippen molar-refractivity contribution in [3.63, 3.8) is 0 Å². The molecule has 142 valence electrons. The molecule has 0 saturated carbocycles. The topological polar surface area (TPSA) is 37.7 Å². The average molecular weight is 357 g/mol. The van der Waals surface area contributed by atoms with E-state index in [2.05, 4.69) is 49.9 Å². The number of carbonyl (C=O) groups is 1. The van der Waals surface area contributed by atoms with Gasteiger partial charge in [-0.1, -0.05) is 19.9 Å². The predicted octanol–water partition coefficient (Wildman–Crippen LogP) is 4.33. The number of aromatic nitrogens is 1. The van der Waals surface area contributed by atoms with E-state index in [1.165, 1.54) is 5.56 Å². The number of fused-ring (bicyclic) bond motifs is 1. The van der Waals surface area contributed by atoms with Crippen LogP contribution in [0.4, 0.5) is 4.79 Å². The Labute approximate surface area is 156 Å². The molecule has 0 N–H and O–H groups in total. The second-order valence-electron chi connectivity index (χ2n) is 9.35. The molecule has 1 fully saturated rings. The van der Waals surface area contributed by atoms with Gasteiger partial charge in [0.2, 0.25) is 0 Å². The first kappa shape index (κ1) is 18.9.